The minimum absolute atomic E-state index is 0.304. The monoisotopic (exact) mass is 419 g/mol. The second kappa shape index (κ2) is 9.09. The quantitative estimate of drug-likeness (QED) is 0.225. The normalized spacial score (nSPS) is 11.2. The summed E-state index contributed by atoms with van der Waals surface area (Å²) >= 11 is 0. The molecule has 4 aromatic carbocycles. The van der Waals surface area contributed by atoms with Gasteiger partial charge in [0.25, 0.3) is 0 Å². The van der Waals surface area contributed by atoms with Crippen molar-refractivity contribution in [1.29, 1.82) is 0 Å². The molecule has 31 heavy (non-hydrogen) atoms. The number of halogens is 4. The lowest BCUT2D eigenvalue weighted by atomic mass is 9.78. The van der Waals surface area contributed by atoms with Crippen LogP contribution < -0.4 is 0 Å². The van der Waals surface area contributed by atoms with Crippen LogP contribution in [0, 0.1) is 29.7 Å². The van der Waals surface area contributed by atoms with E-state index in [1.54, 1.807) is 48.5 Å². The largest absolute Gasteiger partial charge is 0.207 e. The van der Waals surface area contributed by atoms with E-state index in [9.17, 15) is 17.6 Å². The van der Waals surface area contributed by atoms with Crippen LogP contribution in [0.5, 0.6) is 0 Å². The van der Waals surface area contributed by atoms with Crippen molar-refractivity contribution in [2.45, 2.75) is 11.8 Å². The SMILES string of the molecule is Fc1ccc(C([CH+]C(c2ccc(F)cc2)c2ccc(F)cc2)c2ccc(F)cc2)cc1. The van der Waals surface area contributed by atoms with Gasteiger partial charge in [0, 0.05) is 22.3 Å². The molecule has 4 rings (SSSR count). The summed E-state index contributed by atoms with van der Waals surface area (Å²) in [6.45, 7) is 0. The molecule has 0 amide bonds. The van der Waals surface area contributed by atoms with Crippen molar-refractivity contribution in [2.75, 3.05) is 0 Å². The maximum Gasteiger partial charge on any atom is 0.149 e. The average Bonchev–Trinajstić information content (AvgIpc) is 2.78. The van der Waals surface area contributed by atoms with Crippen LogP contribution in [0.15, 0.2) is 97.1 Å². The highest BCUT2D eigenvalue weighted by atomic mass is 19.1. The fraction of sp³-hybridized carbons (Fsp3) is 0.0741. The molecular formula is C27H19F4+. The Labute approximate surface area is 178 Å². The first-order valence-electron chi connectivity index (χ1n) is 9.86. The Morgan fingerprint density at radius 1 is 0.355 bits per heavy atom. The van der Waals surface area contributed by atoms with Crippen LogP contribution in [-0.2, 0) is 0 Å². The summed E-state index contributed by atoms with van der Waals surface area (Å²) in [6, 6.07) is 24.5. The lowest BCUT2D eigenvalue weighted by Gasteiger charge is -2.18. The van der Waals surface area contributed by atoms with Crippen molar-refractivity contribution in [3.63, 3.8) is 0 Å². The summed E-state index contributed by atoms with van der Waals surface area (Å²) in [4.78, 5) is 0. The fourth-order valence-electron chi connectivity index (χ4n) is 3.70. The van der Waals surface area contributed by atoms with Crippen LogP contribution >= 0.6 is 0 Å². The molecule has 0 aliphatic rings. The van der Waals surface area contributed by atoms with Crippen molar-refractivity contribution in [3.05, 3.63) is 149 Å². The zero-order valence-electron chi connectivity index (χ0n) is 16.5. The summed E-state index contributed by atoms with van der Waals surface area (Å²) in [6.07, 6.45) is 2.03. The van der Waals surface area contributed by atoms with Crippen LogP contribution in [0.4, 0.5) is 17.6 Å². The molecule has 0 atom stereocenters. The maximum atomic E-state index is 13.5. The van der Waals surface area contributed by atoms with Gasteiger partial charge in [0.2, 0.25) is 0 Å². The molecule has 0 saturated carbocycles. The molecule has 0 saturated heterocycles. The Bertz CT molecular complexity index is 932. The minimum Gasteiger partial charge on any atom is -0.207 e. The Hall–Kier alpha value is -3.53. The molecule has 0 bridgehead atoms. The minimum atomic E-state index is -0.352. The van der Waals surface area contributed by atoms with Crippen molar-refractivity contribution in [2.24, 2.45) is 0 Å². The molecule has 4 heteroatoms. The van der Waals surface area contributed by atoms with Crippen LogP contribution in [0.2, 0.25) is 0 Å². The van der Waals surface area contributed by atoms with Crippen LogP contribution in [0.3, 0.4) is 0 Å². The Morgan fingerprint density at radius 3 is 0.742 bits per heavy atom. The summed E-state index contributed by atoms with van der Waals surface area (Å²) < 4.78 is 54.2. The molecule has 0 nitrogen and oxygen atoms in total. The van der Waals surface area contributed by atoms with Crippen LogP contribution in [-0.4, -0.2) is 0 Å². The average molecular weight is 419 g/mol. The molecule has 0 aromatic heterocycles. The molecule has 0 radical (unpaired) electrons. The third kappa shape index (κ3) is 4.97. The third-order valence-electron chi connectivity index (χ3n) is 5.30. The van der Waals surface area contributed by atoms with Gasteiger partial charge in [0.1, 0.15) is 41.5 Å². The number of hydrogen-bond acceptors (Lipinski definition) is 0. The molecule has 0 aliphatic heterocycles. The van der Waals surface area contributed by atoms with E-state index in [1.807, 2.05) is 6.42 Å². The zero-order chi connectivity index (χ0) is 21.8. The van der Waals surface area contributed by atoms with Crippen molar-refractivity contribution < 1.29 is 17.6 Å². The highest BCUT2D eigenvalue weighted by Gasteiger charge is 2.32. The van der Waals surface area contributed by atoms with Gasteiger partial charge in [-0.05, 0) is 48.5 Å². The Kier molecular flexibility index (Phi) is 6.08. The van der Waals surface area contributed by atoms with Gasteiger partial charge in [-0.3, -0.25) is 0 Å². The van der Waals surface area contributed by atoms with Gasteiger partial charge in [-0.25, -0.2) is 17.6 Å². The molecule has 0 unspecified atom stereocenters. The number of hydrogen-bond donors (Lipinski definition) is 0. The van der Waals surface area contributed by atoms with Gasteiger partial charge >= 0.3 is 0 Å². The molecule has 4 aromatic rings. The maximum absolute atomic E-state index is 13.5. The molecular weight excluding hydrogens is 400 g/mol. The van der Waals surface area contributed by atoms with E-state index >= 15 is 0 Å². The van der Waals surface area contributed by atoms with E-state index in [2.05, 4.69) is 0 Å². The second-order valence-corrected chi connectivity index (χ2v) is 7.35. The molecule has 0 heterocycles. The first kappa shape index (κ1) is 20.7. The van der Waals surface area contributed by atoms with Gasteiger partial charge in [0.05, 0.1) is 0 Å². The predicted octanol–water partition coefficient (Wildman–Crippen LogP) is 7.41. The zero-order valence-corrected chi connectivity index (χ0v) is 16.5. The molecule has 0 N–H and O–H groups in total. The van der Waals surface area contributed by atoms with E-state index in [0.717, 1.165) is 22.3 Å². The molecule has 154 valence electrons. The van der Waals surface area contributed by atoms with E-state index in [1.165, 1.54) is 48.5 Å². The van der Waals surface area contributed by atoms with Gasteiger partial charge in [-0.15, -0.1) is 0 Å². The summed E-state index contributed by atoms with van der Waals surface area (Å²) in [5, 5.41) is 0. The van der Waals surface area contributed by atoms with Gasteiger partial charge < -0.3 is 0 Å². The second-order valence-electron chi connectivity index (χ2n) is 7.35. The highest BCUT2D eigenvalue weighted by molar-refractivity contribution is 5.43. The fourth-order valence-corrected chi connectivity index (χ4v) is 3.70. The lowest BCUT2D eigenvalue weighted by Crippen LogP contribution is -2.11. The first-order chi connectivity index (χ1) is 15.0. The highest BCUT2D eigenvalue weighted by Crippen LogP contribution is 2.38. The van der Waals surface area contributed by atoms with Crippen molar-refractivity contribution in [1.82, 2.24) is 0 Å². The molecule has 0 aliphatic carbocycles. The van der Waals surface area contributed by atoms with Crippen LogP contribution in [0.1, 0.15) is 34.1 Å². The van der Waals surface area contributed by atoms with E-state index in [0.29, 0.717) is 0 Å². The lowest BCUT2D eigenvalue weighted by molar-refractivity contribution is 0.624. The predicted molar refractivity (Wildman–Crippen MR) is 114 cm³/mol. The van der Waals surface area contributed by atoms with E-state index < -0.39 is 0 Å². The summed E-state index contributed by atoms with van der Waals surface area (Å²) in [5.74, 6) is -2.02. The van der Waals surface area contributed by atoms with Gasteiger partial charge in [0.15, 0.2) is 0 Å². The first-order valence-corrected chi connectivity index (χ1v) is 9.86. The number of rotatable bonds is 6. The summed E-state index contributed by atoms with van der Waals surface area (Å²) in [5.41, 5.74) is 3.29. The standard InChI is InChI=1S/C27H19F4/c28-22-9-1-18(2-10-22)26(19-3-11-23(29)12-4-19)17-27(20-5-13-24(30)14-6-20)21-7-15-25(31)16-8-21/h1-17,26-27H/q+1. The molecule has 0 fully saturated rings. The topological polar surface area (TPSA) is 0 Å². The van der Waals surface area contributed by atoms with Crippen molar-refractivity contribution in [3.8, 4) is 0 Å². The summed E-state index contributed by atoms with van der Waals surface area (Å²) in [7, 11) is 0. The van der Waals surface area contributed by atoms with Gasteiger partial charge in [-0.1, -0.05) is 48.5 Å². The van der Waals surface area contributed by atoms with Gasteiger partial charge in [-0.2, -0.15) is 0 Å². The van der Waals surface area contributed by atoms with E-state index in [4.69, 9.17) is 0 Å². The Morgan fingerprint density at radius 2 is 0.548 bits per heavy atom. The van der Waals surface area contributed by atoms with Crippen molar-refractivity contribution >= 4 is 0 Å². The smallest absolute Gasteiger partial charge is 0.149 e. The van der Waals surface area contributed by atoms with E-state index in [-0.39, 0.29) is 35.1 Å². The number of benzene rings is 4. The Balaban J connectivity index is 1.79. The molecule has 0 spiro atoms. The third-order valence-corrected chi connectivity index (χ3v) is 5.30. The van der Waals surface area contributed by atoms with Crippen LogP contribution in [0.25, 0.3) is 0 Å².